The molecule has 1 aliphatic heterocycles. The molecule has 0 fully saturated rings. The summed E-state index contributed by atoms with van der Waals surface area (Å²) in [7, 11) is -2.93. The molecule has 1 aliphatic rings. The van der Waals surface area contributed by atoms with Crippen LogP contribution in [0.15, 0.2) is 47.4 Å². The average molecular weight is 417 g/mol. The van der Waals surface area contributed by atoms with Gasteiger partial charge < -0.3 is 10.4 Å². The smallest absolute Gasteiger partial charge is 0.303 e. The van der Waals surface area contributed by atoms with Crippen molar-refractivity contribution in [3.8, 4) is 0 Å². The number of fused-ring (bicyclic) bond motifs is 2. The Labute approximate surface area is 175 Å². The van der Waals surface area contributed by atoms with Gasteiger partial charge in [-0.2, -0.15) is 0 Å². The van der Waals surface area contributed by atoms with E-state index >= 15 is 0 Å². The number of para-hydroxylation sites is 1. The summed E-state index contributed by atoms with van der Waals surface area (Å²) in [4.78, 5) is 11.0. The van der Waals surface area contributed by atoms with Crippen molar-refractivity contribution in [1.82, 2.24) is 5.32 Å². The van der Waals surface area contributed by atoms with Gasteiger partial charge in [0.05, 0.1) is 16.6 Å². The van der Waals surface area contributed by atoms with Crippen LogP contribution in [0.1, 0.15) is 47.3 Å². The van der Waals surface area contributed by atoms with Crippen LogP contribution in [0.25, 0.3) is 0 Å². The van der Waals surface area contributed by atoms with Crippen LogP contribution in [0.3, 0.4) is 0 Å². The Kier molecular flexibility index (Phi) is 3.41. The maximum Gasteiger partial charge on any atom is 0.303 e. The molecule has 6 nitrogen and oxygen atoms in total. The molecule has 0 radical (unpaired) electrons. The normalized spacial score (nSPS) is 24.2. The van der Waals surface area contributed by atoms with E-state index in [4.69, 9.17) is 27.7 Å². The monoisotopic (exact) mass is 416 g/mol. The number of nitrogens with zero attached hydrogens (tertiary/aromatic N) is 1. The zero-order chi connectivity index (χ0) is 26.8. The van der Waals surface area contributed by atoms with E-state index in [1.165, 1.54) is 31.3 Å². The van der Waals surface area contributed by atoms with E-state index < -0.39 is 47.7 Å². The first-order chi connectivity index (χ1) is 15.8. The van der Waals surface area contributed by atoms with Gasteiger partial charge in [0, 0.05) is 29.4 Å². The molecular formula is C19H21ClN2O4S. The summed E-state index contributed by atoms with van der Waals surface area (Å²) in [6.45, 7) is -3.42. The second kappa shape index (κ2) is 7.88. The van der Waals surface area contributed by atoms with Crippen LogP contribution in [-0.2, 0) is 14.8 Å². The Balaban J connectivity index is 2.25. The first-order valence-electron chi connectivity index (χ1n) is 11.7. The molecule has 1 atom stereocenters. The topological polar surface area (TPSA) is 86.7 Å². The number of nitrogens with one attached hydrogen (secondary N) is 1. The van der Waals surface area contributed by atoms with E-state index in [9.17, 15) is 13.2 Å². The van der Waals surface area contributed by atoms with Gasteiger partial charge in [-0.3, -0.25) is 9.10 Å². The third-order valence-electron chi connectivity index (χ3n) is 4.02. The van der Waals surface area contributed by atoms with Crippen molar-refractivity contribution >= 4 is 33.3 Å². The van der Waals surface area contributed by atoms with Gasteiger partial charge in [-0.05, 0) is 48.6 Å². The second-order valence-corrected chi connectivity index (χ2v) is 7.97. The maximum absolute atomic E-state index is 13.3. The van der Waals surface area contributed by atoms with Crippen LogP contribution in [0.5, 0.6) is 0 Å². The minimum Gasteiger partial charge on any atom is -0.481 e. The molecular weight excluding hydrogens is 388 g/mol. The van der Waals surface area contributed by atoms with Gasteiger partial charge in [0.1, 0.15) is 0 Å². The fourth-order valence-corrected chi connectivity index (χ4v) is 4.53. The van der Waals surface area contributed by atoms with Crippen molar-refractivity contribution in [1.29, 1.82) is 0 Å². The van der Waals surface area contributed by atoms with Gasteiger partial charge in [-0.1, -0.05) is 35.9 Å². The van der Waals surface area contributed by atoms with Crippen LogP contribution in [0.4, 0.5) is 5.69 Å². The molecule has 0 aromatic heterocycles. The minimum atomic E-state index is -4.20. The second-order valence-electron chi connectivity index (χ2n) is 5.60. The molecule has 3 rings (SSSR count). The molecule has 0 unspecified atom stereocenters. The number of carboxylic acids is 1. The van der Waals surface area contributed by atoms with Crippen molar-refractivity contribution in [3.05, 3.63) is 58.6 Å². The molecule has 27 heavy (non-hydrogen) atoms. The highest BCUT2D eigenvalue weighted by Crippen LogP contribution is 2.40. The molecule has 8 heteroatoms. The molecule has 0 saturated carbocycles. The quantitative estimate of drug-likeness (QED) is 0.753. The van der Waals surface area contributed by atoms with Crippen LogP contribution in [0, 0.1) is 0 Å². The van der Waals surface area contributed by atoms with Crippen LogP contribution in [-0.4, -0.2) is 33.0 Å². The Morgan fingerprint density at radius 2 is 2.00 bits per heavy atom. The van der Waals surface area contributed by atoms with Crippen LogP contribution >= 0.6 is 11.6 Å². The lowest BCUT2D eigenvalue weighted by atomic mass is 9.96. The summed E-state index contributed by atoms with van der Waals surface area (Å²) in [5, 5.41) is 11.5. The average Bonchev–Trinajstić information content (AvgIpc) is 2.81. The summed E-state index contributed by atoms with van der Waals surface area (Å²) >= 11 is 6.03. The number of benzene rings is 2. The Bertz CT molecular complexity index is 1290. The number of carboxylic acid groups (broad SMARTS) is 1. The highest BCUT2D eigenvalue weighted by atomic mass is 35.5. The van der Waals surface area contributed by atoms with Crippen molar-refractivity contribution in [2.24, 2.45) is 0 Å². The van der Waals surface area contributed by atoms with E-state index in [1.54, 1.807) is 12.1 Å². The van der Waals surface area contributed by atoms with Gasteiger partial charge in [0.15, 0.2) is 0 Å². The lowest BCUT2D eigenvalue weighted by molar-refractivity contribution is -0.137. The summed E-state index contributed by atoms with van der Waals surface area (Å²) in [6.07, 6.45) is -11.4. The fraction of sp³-hybridized carbons (Fsp3) is 0.316. The van der Waals surface area contributed by atoms with Gasteiger partial charge in [0.25, 0.3) is 10.0 Å². The predicted octanol–water partition coefficient (Wildman–Crippen LogP) is 3.41. The van der Waals surface area contributed by atoms with Gasteiger partial charge in [0.2, 0.25) is 0 Å². The zero-order valence-electron chi connectivity index (χ0n) is 22.0. The first-order valence-corrected chi connectivity index (χ1v) is 9.51. The van der Waals surface area contributed by atoms with Gasteiger partial charge >= 0.3 is 5.97 Å². The number of hydrogen-bond donors (Lipinski definition) is 2. The van der Waals surface area contributed by atoms with Crippen molar-refractivity contribution < 1.29 is 29.3 Å². The molecule has 2 aromatic carbocycles. The van der Waals surface area contributed by atoms with Crippen LogP contribution in [0.2, 0.25) is 5.02 Å². The number of halogens is 1. The SMILES string of the molecule is [2H]C([2H])(N[C@H]1c2ccccc2N(C)S(=O)(=O)c2cc(Cl)ccc21)C([2H])([2H])C([2H])([2H])C([2H])([2H])C(=O)O. The summed E-state index contributed by atoms with van der Waals surface area (Å²) in [5.74, 6) is -2.31. The first kappa shape index (κ1) is 11.7. The standard InChI is InChI=1S/C19H21ClN2O4S/c1-22-16-7-3-2-6-14(16)19(21-11-5-4-8-18(23)24)15-10-9-13(20)12-17(15)27(22,25)26/h2-3,6-7,9-10,12,19,21H,4-5,8,11H2,1H3,(H,23,24)/t19-/m0/s1/i4D2,5D2,8D2,11D2. The summed E-state index contributed by atoms with van der Waals surface area (Å²) in [5.41, 5.74) is 0.298. The highest BCUT2D eigenvalue weighted by Gasteiger charge is 2.34. The maximum atomic E-state index is 13.3. The predicted molar refractivity (Wildman–Crippen MR) is 105 cm³/mol. The lowest BCUT2D eigenvalue weighted by Crippen LogP contribution is -2.26. The third kappa shape index (κ3) is 3.95. The number of rotatable bonds is 6. The number of anilines is 1. The summed E-state index contributed by atoms with van der Waals surface area (Å²) in [6, 6.07) is 8.43. The van der Waals surface area contributed by atoms with Crippen molar-refractivity contribution in [2.75, 3.05) is 17.8 Å². The van der Waals surface area contributed by atoms with E-state index in [0.717, 1.165) is 10.4 Å². The van der Waals surface area contributed by atoms with Gasteiger partial charge in [-0.15, -0.1) is 0 Å². The number of hydrogen-bond acceptors (Lipinski definition) is 4. The molecule has 0 bridgehead atoms. The fourth-order valence-electron chi connectivity index (χ4n) is 2.81. The number of sulfonamides is 1. The Morgan fingerprint density at radius 3 is 2.74 bits per heavy atom. The van der Waals surface area contributed by atoms with E-state index in [0.29, 0.717) is 0 Å². The Morgan fingerprint density at radius 1 is 1.26 bits per heavy atom. The minimum absolute atomic E-state index is 0.0207. The van der Waals surface area contributed by atoms with E-state index in [2.05, 4.69) is 5.32 Å². The van der Waals surface area contributed by atoms with Crippen molar-refractivity contribution in [2.45, 2.75) is 30.1 Å². The molecule has 1 heterocycles. The molecule has 2 aromatic rings. The molecule has 2 N–H and O–H groups in total. The van der Waals surface area contributed by atoms with Crippen molar-refractivity contribution in [3.63, 3.8) is 0 Å². The number of aliphatic carboxylic acids is 1. The molecule has 0 amide bonds. The largest absolute Gasteiger partial charge is 0.481 e. The molecule has 144 valence electrons. The van der Waals surface area contributed by atoms with E-state index in [-0.39, 0.29) is 26.7 Å². The van der Waals surface area contributed by atoms with Gasteiger partial charge in [-0.25, -0.2) is 8.42 Å². The zero-order valence-corrected chi connectivity index (χ0v) is 15.6. The lowest BCUT2D eigenvalue weighted by Gasteiger charge is -2.22. The van der Waals surface area contributed by atoms with Crippen LogP contribution < -0.4 is 9.62 Å². The number of carbonyl (C=O) groups is 1. The molecule has 0 saturated heterocycles. The molecule has 0 spiro atoms. The Hall–Kier alpha value is -2.09. The van der Waals surface area contributed by atoms with E-state index in [1.807, 2.05) is 0 Å². The third-order valence-corrected chi connectivity index (χ3v) is 6.09. The molecule has 0 aliphatic carbocycles. The highest BCUT2D eigenvalue weighted by molar-refractivity contribution is 7.92. The summed E-state index contributed by atoms with van der Waals surface area (Å²) < 4.78 is 91.7.